The molecule has 0 bridgehead atoms. The summed E-state index contributed by atoms with van der Waals surface area (Å²) in [7, 11) is 0. The lowest BCUT2D eigenvalue weighted by Crippen LogP contribution is -2.40. The Labute approximate surface area is 101 Å². The molecule has 0 spiro atoms. The van der Waals surface area contributed by atoms with Crippen LogP contribution in [0.5, 0.6) is 0 Å². The van der Waals surface area contributed by atoms with Gasteiger partial charge in [0.2, 0.25) is 11.8 Å². The van der Waals surface area contributed by atoms with Gasteiger partial charge in [0.1, 0.15) is 6.10 Å². The molecule has 0 radical (unpaired) electrons. The average Bonchev–Trinajstić information content (AvgIpc) is 2.75. The molecule has 5 nitrogen and oxygen atoms in total. The first kappa shape index (κ1) is 13.0. The van der Waals surface area contributed by atoms with Crippen LogP contribution in [0.25, 0.3) is 0 Å². The first-order chi connectivity index (χ1) is 7.59. The van der Waals surface area contributed by atoms with Crippen LogP contribution in [0.2, 0.25) is 0 Å². The summed E-state index contributed by atoms with van der Waals surface area (Å²) in [4.78, 5) is 21.7. The van der Waals surface area contributed by atoms with Crippen molar-refractivity contribution in [2.24, 2.45) is 5.73 Å². The predicted octanol–water partition coefficient (Wildman–Crippen LogP) is -0.197. The van der Waals surface area contributed by atoms with Gasteiger partial charge in [0, 0.05) is 0 Å². The Morgan fingerprint density at radius 1 is 1.62 bits per heavy atom. The van der Waals surface area contributed by atoms with E-state index in [1.807, 2.05) is 17.5 Å². The third-order valence-electron chi connectivity index (χ3n) is 1.66. The maximum atomic E-state index is 11.3. The van der Waals surface area contributed by atoms with Crippen LogP contribution in [0, 0.1) is 0 Å². The number of primary amides is 1. The molecule has 7 heteroatoms. The van der Waals surface area contributed by atoms with Crippen LogP contribution in [0.1, 0.15) is 0 Å². The number of hydrogen-bond acceptors (Lipinski definition) is 5. The van der Waals surface area contributed by atoms with Gasteiger partial charge in [-0.25, -0.2) is 0 Å². The summed E-state index contributed by atoms with van der Waals surface area (Å²) >= 11 is 2.96. The van der Waals surface area contributed by atoms with Crippen molar-refractivity contribution in [1.29, 1.82) is 0 Å². The van der Waals surface area contributed by atoms with E-state index in [9.17, 15) is 9.59 Å². The van der Waals surface area contributed by atoms with Gasteiger partial charge in [0.15, 0.2) is 0 Å². The second-order valence-electron chi connectivity index (χ2n) is 2.94. The zero-order valence-corrected chi connectivity index (χ0v) is 10.0. The van der Waals surface area contributed by atoms with Crippen molar-refractivity contribution in [2.75, 3.05) is 12.3 Å². The van der Waals surface area contributed by atoms with Crippen molar-refractivity contribution < 1.29 is 14.7 Å². The number of nitrogens with one attached hydrogen (secondary N) is 1. The van der Waals surface area contributed by atoms with Crippen molar-refractivity contribution >= 4 is 34.9 Å². The van der Waals surface area contributed by atoms with E-state index >= 15 is 0 Å². The van der Waals surface area contributed by atoms with Crippen LogP contribution in [0.3, 0.4) is 0 Å². The smallest absolute Gasteiger partial charge is 0.248 e. The fourth-order valence-corrected chi connectivity index (χ4v) is 2.46. The van der Waals surface area contributed by atoms with E-state index in [1.165, 1.54) is 11.8 Å². The molecule has 1 rings (SSSR count). The van der Waals surface area contributed by atoms with Gasteiger partial charge in [-0.05, 0) is 11.4 Å². The zero-order valence-electron chi connectivity index (χ0n) is 8.38. The summed E-state index contributed by atoms with van der Waals surface area (Å²) < 4.78 is 1.05. The Morgan fingerprint density at radius 3 is 2.94 bits per heavy atom. The minimum Gasteiger partial charge on any atom is -0.381 e. The molecule has 2 amide bonds. The molecule has 0 aliphatic rings. The molecular weight excluding hydrogens is 248 g/mol. The number of carbonyl (C=O) groups excluding carboxylic acids is 2. The number of hydrogen-bond donors (Lipinski definition) is 3. The minimum absolute atomic E-state index is 0.140. The second kappa shape index (κ2) is 6.51. The summed E-state index contributed by atoms with van der Waals surface area (Å²) in [5.41, 5.74) is 4.83. The number of nitrogens with two attached hydrogens (primary N) is 1. The molecule has 0 saturated carbocycles. The fraction of sp³-hybridized carbons (Fsp3) is 0.333. The maximum Gasteiger partial charge on any atom is 0.248 e. The van der Waals surface area contributed by atoms with Gasteiger partial charge >= 0.3 is 0 Å². The van der Waals surface area contributed by atoms with E-state index in [0.717, 1.165) is 4.21 Å². The molecular formula is C9H12N2O3S2. The summed E-state index contributed by atoms with van der Waals surface area (Å²) in [5.74, 6) is -0.823. The Hall–Kier alpha value is -1.05. The number of aliphatic hydroxyl groups excluding tert-OH is 1. The standard InChI is InChI=1S/C9H12N2O3S2/c10-9(14)6(12)4-11-7(13)5-16-8-2-1-3-15-8/h1-3,6,12H,4-5H2,(H2,10,14)(H,11,13). The summed E-state index contributed by atoms with van der Waals surface area (Å²) in [6.07, 6.45) is -1.32. The Morgan fingerprint density at radius 2 is 2.38 bits per heavy atom. The number of rotatable bonds is 6. The lowest BCUT2D eigenvalue weighted by Gasteiger charge is -2.07. The van der Waals surface area contributed by atoms with Gasteiger partial charge in [-0.1, -0.05) is 6.07 Å². The number of carbonyl (C=O) groups is 2. The molecule has 1 unspecified atom stereocenters. The molecule has 0 aliphatic heterocycles. The SMILES string of the molecule is NC(=O)C(O)CNC(=O)CSc1cccs1. The molecule has 0 aromatic carbocycles. The van der Waals surface area contributed by atoms with Gasteiger partial charge in [-0.3, -0.25) is 9.59 Å². The summed E-state index contributed by atoms with van der Waals surface area (Å²) in [6.45, 7) is -0.140. The lowest BCUT2D eigenvalue weighted by atomic mass is 10.3. The van der Waals surface area contributed by atoms with Crippen LogP contribution in [0.15, 0.2) is 21.7 Å². The Kier molecular flexibility index (Phi) is 5.30. The van der Waals surface area contributed by atoms with Crippen LogP contribution < -0.4 is 11.1 Å². The van der Waals surface area contributed by atoms with Gasteiger partial charge in [-0.2, -0.15) is 0 Å². The van der Waals surface area contributed by atoms with Gasteiger partial charge < -0.3 is 16.2 Å². The first-order valence-electron chi connectivity index (χ1n) is 4.50. The number of aliphatic hydroxyl groups is 1. The number of amides is 2. The molecule has 1 aromatic heterocycles. The van der Waals surface area contributed by atoms with Crippen LogP contribution in [-0.2, 0) is 9.59 Å². The van der Waals surface area contributed by atoms with Gasteiger partial charge in [0.05, 0.1) is 16.5 Å². The van der Waals surface area contributed by atoms with Gasteiger partial charge in [-0.15, -0.1) is 23.1 Å². The largest absolute Gasteiger partial charge is 0.381 e. The highest BCUT2D eigenvalue weighted by molar-refractivity contribution is 8.01. The van der Waals surface area contributed by atoms with Crippen LogP contribution in [0.4, 0.5) is 0 Å². The zero-order chi connectivity index (χ0) is 12.0. The topological polar surface area (TPSA) is 92.4 Å². The molecule has 1 aromatic rings. The Balaban J connectivity index is 2.19. The highest BCUT2D eigenvalue weighted by Gasteiger charge is 2.12. The van der Waals surface area contributed by atoms with E-state index in [4.69, 9.17) is 10.8 Å². The van der Waals surface area contributed by atoms with E-state index in [-0.39, 0.29) is 18.2 Å². The van der Waals surface area contributed by atoms with E-state index < -0.39 is 12.0 Å². The monoisotopic (exact) mass is 260 g/mol. The third-order valence-corrected chi connectivity index (χ3v) is 3.79. The first-order valence-corrected chi connectivity index (χ1v) is 6.36. The maximum absolute atomic E-state index is 11.3. The molecule has 0 aliphatic carbocycles. The molecule has 1 atom stereocenters. The number of thioether (sulfide) groups is 1. The molecule has 0 fully saturated rings. The van der Waals surface area contributed by atoms with Crippen molar-refractivity contribution in [1.82, 2.24) is 5.32 Å². The van der Waals surface area contributed by atoms with Crippen molar-refractivity contribution in [3.05, 3.63) is 17.5 Å². The quantitative estimate of drug-likeness (QED) is 0.618. The normalized spacial score (nSPS) is 12.1. The van der Waals surface area contributed by atoms with Crippen molar-refractivity contribution in [2.45, 2.75) is 10.3 Å². The highest BCUT2D eigenvalue weighted by atomic mass is 32.2. The fourth-order valence-electron chi connectivity index (χ4n) is 0.844. The van der Waals surface area contributed by atoms with Crippen molar-refractivity contribution in [3.63, 3.8) is 0 Å². The molecule has 0 saturated heterocycles. The molecule has 16 heavy (non-hydrogen) atoms. The average molecular weight is 260 g/mol. The van der Waals surface area contributed by atoms with Crippen molar-refractivity contribution in [3.8, 4) is 0 Å². The summed E-state index contributed by atoms with van der Waals surface area (Å²) in [6, 6.07) is 3.82. The minimum atomic E-state index is -1.32. The molecule has 88 valence electrons. The molecule has 4 N–H and O–H groups in total. The summed E-state index contributed by atoms with van der Waals surface area (Å²) in [5, 5.41) is 13.4. The van der Waals surface area contributed by atoms with Crippen LogP contribution >= 0.6 is 23.1 Å². The highest BCUT2D eigenvalue weighted by Crippen LogP contribution is 2.22. The van der Waals surface area contributed by atoms with Gasteiger partial charge in [0.25, 0.3) is 0 Å². The second-order valence-corrected chi connectivity index (χ2v) is 5.17. The van der Waals surface area contributed by atoms with E-state index in [0.29, 0.717) is 0 Å². The molecule has 1 heterocycles. The lowest BCUT2D eigenvalue weighted by molar-refractivity contribution is -0.126. The van der Waals surface area contributed by atoms with E-state index in [1.54, 1.807) is 11.3 Å². The number of thiophene rings is 1. The van der Waals surface area contributed by atoms with E-state index in [2.05, 4.69) is 5.32 Å². The van der Waals surface area contributed by atoms with Crippen LogP contribution in [-0.4, -0.2) is 35.3 Å². The Bertz CT molecular complexity index is 354. The third kappa shape index (κ3) is 4.65. The predicted molar refractivity (Wildman–Crippen MR) is 63.3 cm³/mol.